The summed E-state index contributed by atoms with van der Waals surface area (Å²) in [6.07, 6.45) is 5.99. The molecule has 0 spiro atoms. The fourth-order valence-electron chi connectivity index (χ4n) is 1.43. The number of hydrogen-bond acceptors (Lipinski definition) is 5. The van der Waals surface area contributed by atoms with Gasteiger partial charge in [-0.2, -0.15) is 0 Å². The minimum absolute atomic E-state index is 0.561. The van der Waals surface area contributed by atoms with Crippen molar-refractivity contribution >= 4 is 5.82 Å². The van der Waals surface area contributed by atoms with Crippen LogP contribution in [0.4, 0.5) is 5.82 Å². The molecule has 1 N–H and O–H groups in total. The molecule has 0 radical (unpaired) electrons. The van der Waals surface area contributed by atoms with E-state index in [1.807, 2.05) is 12.1 Å². The van der Waals surface area contributed by atoms with Gasteiger partial charge in [0.1, 0.15) is 12.1 Å². The zero-order chi connectivity index (χ0) is 11.9. The van der Waals surface area contributed by atoms with Crippen molar-refractivity contribution in [3.8, 4) is 5.88 Å². The summed E-state index contributed by atoms with van der Waals surface area (Å²) < 4.78 is 5.02. The first kappa shape index (κ1) is 11.3. The number of ether oxygens (including phenoxy) is 1. The molecule has 2 heterocycles. The summed E-state index contributed by atoms with van der Waals surface area (Å²) in [4.78, 5) is 12.0. The van der Waals surface area contributed by atoms with Gasteiger partial charge in [0, 0.05) is 25.0 Å². The van der Waals surface area contributed by atoms with Crippen LogP contribution in [-0.2, 0) is 6.42 Å². The van der Waals surface area contributed by atoms with E-state index in [1.54, 1.807) is 25.6 Å². The van der Waals surface area contributed by atoms with Gasteiger partial charge in [-0.15, -0.1) is 0 Å². The smallest absolute Gasteiger partial charge is 0.218 e. The quantitative estimate of drug-likeness (QED) is 0.844. The van der Waals surface area contributed by atoms with E-state index in [0.29, 0.717) is 5.88 Å². The van der Waals surface area contributed by atoms with Crippen LogP contribution in [0, 0.1) is 0 Å². The Morgan fingerprint density at radius 2 is 2.06 bits per heavy atom. The van der Waals surface area contributed by atoms with Crippen molar-refractivity contribution in [1.29, 1.82) is 0 Å². The average Bonchev–Trinajstić information content (AvgIpc) is 2.40. The lowest BCUT2D eigenvalue weighted by molar-refractivity contribution is 0.397. The highest BCUT2D eigenvalue weighted by atomic mass is 16.5. The molecule has 0 aromatic carbocycles. The number of hydrogen-bond donors (Lipinski definition) is 1. The number of methoxy groups -OCH3 is 1. The highest BCUT2D eigenvalue weighted by Gasteiger charge is 1.97. The average molecular weight is 230 g/mol. The molecule has 0 unspecified atom stereocenters. The second kappa shape index (κ2) is 5.79. The Bertz CT molecular complexity index is 461. The summed E-state index contributed by atoms with van der Waals surface area (Å²) in [6.45, 7) is 0.810. The monoisotopic (exact) mass is 230 g/mol. The van der Waals surface area contributed by atoms with E-state index in [0.717, 1.165) is 18.8 Å². The SMILES string of the molecule is COc1cc(NCCc2ccncc2)ncn1. The third-order valence-electron chi connectivity index (χ3n) is 2.32. The van der Waals surface area contributed by atoms with Gasteiger partial charge in [-0.05, 0) is 24.1 Å². The summed E-state index contributed by atoms with van der Waals surface area (Å²) in [6, 6.07) is 5.77. The van der Waals surface area contributed by atoms with Gasteiger partial charge in [-0.25, -0.2) is 9.97 Å². The van der Waals surface area contributed by atoms with Crippen LogP contribution in [0.5, 0.6) is 5.88 Å². The van der Waals surface area contributed by atoms with Crippen LogP contribution in [0.1, 0.15) is 5.56 Å². The highest BCUT2D eigenvalue weighted by Crippen LogP contribution is 2.09. The van der Waals surface area contributed by atoms with Crippen molar-refractivity contribution in [2.24, 2.45) is 0 Å². The fourth-order valence-corrected chi connectivity index (χ4v) is 1.43. The largest absolute Gasteiger partial charge is 0.481 e. The normalized spacial score (nSPS) is 9.94. The zero-order valence-corrected chi connectivity index (χ0v) is 9.63. The molecule has 88 valence electrons. The third kappa shape index (κ3) is 3.41. The fraction of sp³-hybridized carbons (Fsp3) is 0.250. The first-order valence-electron chi connectivity index (χ1n) is 5.37. The zero-order valence-electron chi connectivity index (χ0n) is 9.63. The maximum absolute atomic E-state index is 5.02. The number of aromatic nitrogens is 3. The lowest BCUT2D eigenvalue weighted by atomic mass is 10.2. The summed E-state index contributed by atoms with van der Waals surface area (Å²) in [5.41, 5.74) is 1.24. The number of nitrogens with one attached hydrogen (secondary N) is 1. The van der Waals surface area contributed by atoms with Crippen molar-refractivity contribution in [3.05, 3.63) is 42.5 Å². The van der Waals surface area contributed by atoms with Gasteiger partial charge < -0.3 is 10.1 Å². The molecule has 0 aliphatic carbocycles. The molecule has 0 fully saturated rings. The van der Waals surface area contributed by atoms with E-state index in [-0.39, 0.29) is 0 Å². The first-order valence-corrected chi connectivity index (χ1v) is 5.37. The standard InChI is InChI=1S/C12H14N4O/c1-17-12-8-11(15-9-16-12)14-7-4-10-2-5-13-6-3-10/h2-3,5-6,8-9H,4,7H2,1H3,(H,14,15,16). The number of rotatable bonds is 5. The Hall–Kier alpha value is -2.17. The van der Waals surface area contributed by atoms with Crippen LogP contribution in [0.2, 0.25) is 0 Å². The Morgan fingerprint density at radius 3 is 2.82 bits per heavy atom. The Morgan fingerprint density at radius 1 is 1.24 bits per heavy atom. The van der Waals surface area contributed by atoms with Crippen molar-refractivity contribution in [2.75, 3.05) is 19.0 Å². The van der Waals surface area contributed by atoms with E-state index < -0.39 is 0 Å². The maximum atomic E-state index is 5.02. The van der Waals surface area contributed by atoms with Gasteiger partial charge in [0.15, 0.2) is 0 Å². The Balaban J connectivity index is 1.86. The molecule has 0 aliphatic heterocycles. The summed E-state index contributed by atoms with van der Waals surface area (Å²) in [5.74, 6) is 1.33. The molecule has 2 rings (SSSR count). The molecule has 2 aromatic heterocycles. The molecule has 17 heavy (non-hydrogen) atoms. The highest BCUT2D eigenvalue weighted by molar-refractivity contribution is 5.37. The minimum atomic E-state index is 0.561. The van der Waals surface area contributed by atoms with Gasteiger partial charge in [0.25, 0.3) is 0 Å². The van der Waals surface area contributed by atoms with E-state index in [2.05, 4.69) is 20.3 Å². The van der Waals surface area contributed by atoms with E-state index in [4.69, 9.17) is 4.74 Å². The number of nitrogens with zero attached hydrogens (tertiary/aromatic N) is 3. The summed E-state index contributed by atoms with van der Waals surface area (Å²) in [7, 11) is 1.59. The lowest BCUT2D eigenvalue weighted by Gasteiger charge is -2.06. The van der Waals surface area contributed by atoms with Gasteiger partial charge in [-0.1, -0.05) is 0 Å². The molecule has 0 aliphatic rings. The summed E-state index contributed by atoms with van der Waals surface area (Å²) in [5, 5.41) is 3.22. The van der Waals surface area contributed by atoms with Crippen molar-refractivity contribution < 1.29 is 4.74 Å². The van der Waals surface area contributed by atoms with Gasteiger partial charge in [-0.3, -0.25) is 4.98 Å². The molecule has 0 amide bonds. The van der Waals surface area contributed by atoms with Gasteiger partial charge in [0.05, 0.1) is 7.11 Å². The molecule has 0 saturated heterocycles. The van der Waals surface area contributed by atoms with Crippen LogP contribution in [-0.4, -0.2) is 28.6 Å². The second-order valence-electron chi connectivity index (χ2n) is 3.48. The van der Waals surface area contributed by atoms with Gasteiger partial charge in [0.2, 0.25) is 5.88 Å². The topological polar surface area (TPSA) is 59.9 Å². The van der Waals surface area contributed by atoms with Crippen LogP contribution in [0.25, 0.3) is 0 Å². The molecule has 0 bridgehead atoms. The predicted molar refractivity (Wildman–Crippen MR) is 65.0 cm³/mol. The number of pyridine rings is 1. The molecule has 5 nitrogen and oxygen atoms in total. The summed E-state index contributed by atoms with van der Waals surface area (Å²) >= 11 is 0. The van der Waals surface area contributed by atoms with Crippen molar-refractivity contribution in [3.63, 3.8) is 0 Å². The Kier molecular flexibility index (Phi) is 3.85. The molecular weight excluding hydrogens is 216 g/mol. The molecular formula is C12H14N4O. The van der Waals surface area contributed by atoms with Crippen LogP contribution < -0.4 is 10.1 Å². The second-order valence-corrected chi connectivity index (χ2v) is 3.48. The lowest BCUT2D eigenvalue weighted by Crippen LogP contribution is -2.06. The van der Waals surface area contributed by atoms with Crippen molar-refractivity contribution in [2.45, 2.75) is 6.42 Å². The van der Waals surface area contributed by atoms with Crippen LogP contribution in [0.3, 0.4) is 0 Å². The molecule has 5 heteroatoms. The van der Waals surface area contributed by atoms with Crippen LogP contribution >= 0.6 is 0 Å². The van der Waals surface area contributed by atoms with E-state index in [9.17, 15) is 0 Å². The van der Waals surface area contributed by atoms with E-state index in [1.165, 1.54) is 11.9 Å². The molecule has 2 aromatic rings. The first-order chi connectivity index (χ1) is 8.38. The predicted octanol–water partition coefficient (Wildman–Crippen LogP) is 1.53. The minimum Gasteiger partial charge on any atom is -0.481 e. The maximum Gasteiger partial charge on any atom is 0.218 e. The van der Waals surface area contributed by atoms with Crippen LogP contribution in [0.15, 0.2) is 36.9 Å². The van der Waals surface area contributed by atoms with E-state index >= 15 is 0 Å². The van der Waals surface area contributed by atoms with Gasteiger partial charge >= 0.3 is 0 Å². The third-order valence-corrected chi connectivity index (χ3v) is 2.32. The molecule has 0 saturated carbocycles. The molecule has 0 atom stereocenters. The number of anilines is 1. The van der Waals surface area contributed by atoms with Crippen molar-refractivity contribution in [1.82, 2.24) is 15.0 Å². The Labute approximate surface area is 99.9 Å².